The van der Waals surface area contributed by atoms with Gasteiger partial charge in [-0.25, -0.2) is 18.4 Å². The lowest BCUT2D eigenvalue weighted by Gasteiger charge is -2.35. The molecule has 2 aromatic heterocycles. The van der Waals surface area contributed by atoms with Crippen LogP contribution in [0.15, 0.2) is 36.2 Å². The van der Waals surface area contributed by atoms with Crippen molar-refractivity contribution in [1.29, 1.82) is 0 Å². The molecule has 6 atom stereocenters. The maximum Gasteiger partial charge on any atom is 0.307 e. The zero-order valence-corrected chi connectivity index (χ0v) is 39.3. The van der Waals surface area contributed by atoms with Crippen LogP contribution in [0.5, 0.6) is 11.5 Å². The Hall–Kier alpha value is -4.37. The fourth-order valence-electron chi connectivity index (χ4n) is 8.35. The molecule has 2 saturated carbocycles. The quantitative estimate of drug-likeness (QED) is 0.116. The Morgan fingerprint density at radius 3 is 2.30 bits per heavy atom. The first kappa shape index (κ1) is 46.1. The fraction of sp³-hybridized carbons (Fsp3) is 0.609. The number of carbonyl (C=O) groups is 4. The van der Waals surface area contributed by atoms with Crippen LogP contribution in [0.2, 0.25) is 0 Å². The van der Waals surface area contributed by atoms with Gasteiger partial charge in [0, 0.05) is 34.7 Å². The predicted molar refractivity (Wildman–Crippen MR) is 236 cm³/mol. The molecule has 3 fully saturated rings. The number of hydrogen-bond acceptors (Lipinski definition) is 12. The van der Waals surface area contributed by atoms with E-state index in [4.69, 9.17) is 24.2 Å². The number of nitrogens with one attached hydrogen (secondary N) is 1. The number of benzene rings is 1. The monoisotopic (exact) mass is 878 g/mol. The molecule has 1 unspecified atom stereocenters. The predicted octanol–water partition coefficient (Wildman–Crippen LogP) is 7.94. The first-order valence-electron chi connectivity index (χ1n) is 21.1. The van der Waals surface area contributed by atoms with Gasteiger partial charge >= 0.3 is 5.97 Å². The molecule has 0 radical (unpaired) electrons. The van der Waals surface area contributed by atoms with Gasteiger partial charge in [-0.05, 0) is 83.3 Å². The minimum atomic E-state index is -3.99. The Bertz CT molecular complexity index is 2350. The molecule has 15 heteroatoms. The summed E-state index contributed by atoms with van der Waals surface area (Å²) in [5, 5.41) is 3.42. The zero-order chi connectivity index (χ0) is 45.2. The summed E-state index contributed by atoms with van der Waals surface area (Å²) in [6.45, 7) is 24.3. The Labute approximate surface area is 364 Å². The molecular formula is C46H62N4O9S2. The third-order valence-corrected chi connectivity index (χ3v) is 15.8. The summed E-state index contributed by atoms with van der Waals surface area (Å²) in [7, 11) is -2.39. The first-order valence-corrected chi connectivity index (χ1v) is 23.5. The summed E-state index contributed by atoms with van der Waals surface area (Å²) >= 11 is 1.48. The highest BCUT2D eigenvalue weighted by Crippen LogP contribution is 2.57. The fourth-order valence-corrected chi connectivity index (χ4v) is 10.6. The van der Waals surface area contributed by atoms with Crippen molar-refractivity contribution in [3.63, 3.8) is 0 Å². The summed E-state index contributed by atoms with van der Waals surface area (Å²) < 4.78 is 46.0. The second kappa shape index (κ2) is 16.4. The first-order chi connectivity index (χ1) is 28.3. The molecule has 3 aromatic rings. The standard InChI is InChI=1S/C46H62N4O9S2/c1-14-28-21-46(28,42(54)49-61(55,56)45(12)17-18-45)22-33(51)39-27(5)36(23-50(39)41(53)30(43(6,7)8)19-37(52)59-44(9,10)11)58-35-20-31(40-48-32(24-60-40)25(2)3)47-38-26(4)34(57-13)16-15-29(35)38/h14-16,20,24-25,27-28,30,36,39H,1,17-19,21-23H2,2-13H3,(H,49,54)/t27-,28-,30?,36+,39+,46-/m1/s1. The highest BCUT2D eigenvalue weighted by molar-refractivity contribution is 7.91. The van der Waals surface area contributed by atoms with Gasteiger partial charge in [0.15, 0.2) is 5.78 Å². The topological polar surface area (TPSA) is 171 Å². The molecule has 61 heavy (non-hydrogen) atoms. The van der Waals surface area contributed by atoms with Gasteiger partial charge in [0.2, 0.25) is 21.8 Å². The Kier molecular flexibility index (Phi) is 12.4. The number of aromatic nitrogens is 2. The van der Waals surface area contributed by atoms with Crippen molar-refractivity contribution in [1.82, 2.24) is 19.6 Å². The summed E-state index contributed by atoms with van der Waals surface area (Å²) in [4.78, 5) is 68.6. The van der Waals surface area contributed by atoms with E-state index in [9.17, 15) is 22.8 Å². The maximum absolute atomic E-state index is 15.0. The van der Waals surface area contributed by atoms with E-state index in [1.165, 1.54) is 16.2 Å². The van der Waals surface area contributed by atoms with Crippen molar-refractivity contribution >= 4 is 55.8 Å². The van der Waals surface area contributed by atoms with Gasteiger partial charge in [-0.2, -0.15) is 0 Å². The number of allylic oxidation sites excluding steroid dienone is 1. The van der Waals surface area contributed by atoms with Crippen LogP contribution in [-0.2, 0) is 33.9 Å². The molecule has 6 rings (SSSR count). The number of carbonyl (C=O) groups excluding carboxylic acids is 4. The van der Waals surface area contributed by atoms with Crippen molar-refractivity contribution in [3.8, 4) is 22.2 Å². The number of esters is 1. The third-order valence-electron chi connectivity index (χ3n) is 12.7. The molecule has 332 valence electrons. The Morgan fingerprint density at radius 1 is 1.08 bits per heavy atom. The highest BCUT2D eigenvalue weighted by atomic mass is 32.2. The molecule has 3 aliphatic rings. The van der Waals surface area contributed by atoms with Gasteiger partial charge in [0.1, 0.15) is 33.9 Å². The molecular weight excluding hydrogens is 817 g/mol. The number of rotatable bonds is 15. The number of sulfonamides is 1. The molecule has 0 bridgehead atoms. The summed E-state index contributed by atoms with van der Waals surface area (Å²) in [6, 6.07) is 4.48. The number of amides is 2. The highest BCUT2D eigenvalue weighted by Gasteiger charge is 2.63. The molecule has 1 aliphatic heterocycles. The average molecular weight is 879 g/mol. The van der Waals surface area contributed by atoms with E-state index in [0.29, 0.717) is 45.9 Å². The van der Waals surface area contributed by atoms with Crippen LogP contribution in [0, 0.1) is 35.5 Å². The van der Waals surface area contributed by atoms with Gasteiger partial charge in [-0.1, -0.05) is 47.6 Å². The molecule has 0 spiro atoms. The number of hydrogen-bond donors (Lipinski definition) is 1. The average Bonchev–Trinajstić information content (AvgIpc) is 3.98. The lowest BCUT2D eigenvalue weighted by atomic mass is 9.77. The van der Waals surface area contributed by atoms with Crippen LogP contribution in [0.4, 0.5) is 0 Å². The number of likely N-dealkylation sites (tertiary alicyclic amines) is 1. The van der Waals surface area contributed by atoms with E-state index in [1.54, 1.807) is 40.9 Å². The SMILES string of the molecule is C=C[C@@H]1C[C@]1(CC(=O)[C@@H]1[C@H](C)[C@@H](Oc2cc(-c3nc(C(C)C)cs3)nc3c(C)c(OC)ccc23)CN1C(=O)C(CC(=O)OC(C)(C)C)C(C)(C)C)C(=O)NS(=O)(=O)C1(C)CC1. The van der Waals surface area contributed by atoms with Crippen molar-refractivity contribution in [2.45, 2.75) is 137 Å². The van der Waals surface area contributed by atoms with Gasteiger partial charge < -0.3 is 19.1 Å². The van der Waals surface area contributed by atoms with Crippen molar-refractivity contribution < 1.29 is 41.8 Å². The zero-order valence-electron chi connectivity index (χ0n) is 37.6. The second-order valence-electron chi connectivity index (χ2n) is 19.9. The summed E-state index contributed by atoms with van der Waals surface area (Å²) in [6.07, 6.45) is 1.44. The number of ketones is 1. The number of fused-ring (bicyclic) bond motifs is 1. The number of thiazole rings is 1. The van der Waals surface area contributed by atoms with Crippen LogP contribution in [0.1, 0.15) is 119 Å². The molecule has 2 amide bonds. The van der Waals surface area contributed by atoms with E-state index in [1.807, 2.05) is 58.2 Å². The molecule has 3 heterocycles. The molecule has 1 N–H and O–H groups in total. The second-order valence-corrected chi connectivity index (χ2v) is 23.0. The maximum atomic E-state index is 15.0. The number of aryl methyl sites for hydroxylation is 1. The van der Waals surface area contributed by atoms with Crippen LogP contribution < -0.4 is 14.2 Å². The number of Topliss-reactive ketones (excluding diaryl/α,β-unsaturated/α-hetero) is 1. The number of nitrogens with zero attached hydrogens (tertiary/aromatic N) is 3. The minimum absolute atomic E-state index is 0.00282. The van der Waals surface area contributed by atoms with E-state index in [0.717, 1.165) is 11.3 Å². The van der Waals surface area contributed by atoms with Crippen LogP contribution in [0.25, 0.3) is 21.6 Å². The molecule has 13 nitrogen and oxygen atoms in total. The third kappa shape index (κ3) is 9.23. The van der Waals surface area contributed by atoms with Gasteiger partial charge in [-0.3, -0.25) is 23.9 Å². The summed E-state index contributed by atoms with van der Waals surface area (Å²) in [5.41, 5.74) is 0.131. The summed E-state index contributed by atoms with van der Waals surface area (Å²) in [5.74, 6) is -2.69. The smallest absolute Gasteiger partial charge is 0.307 e. The Morgan fingerprint density at radius 2 is 1.75 bits per heavy atom. The van der Waals surface area contributed by atoms with Gasteiger partial charge in [0.25, 0.3) is 0 Å². The van der Waals surface area contributed by atoms with Crippen LogP contribution in [0.3, 0.4) is 0 Å². The van der Waals surface area contributed by atoms with E-state index >= 15 is 4.79 Å². The van der Waals surface area contributed by atoms with E-state index < -0.39 is 84.7 Å². The number of ether oxygens (including phenoxy) is 3. The van der Waals surface area contributed by atoms with Gasteiger partial charge in [0.05, 0.1) is 53.4 Å². The lowest BCUT2D eigenvalue weighted by molar-refractivity contribution is -0.161. The normalized spacial score (nSPS) is 24.0. The van der Waals surface area contributed by atoms with E-state index in [-0.39, 0.29) is 31.7 Å². The van der Waals surface area contributed by atoms with Crippen LogP contribution in [-0.4, -0.2) is 83.0 Å². The minimum Gasteiger partial charge on any atom is -0.496 e. The number of pyridine rings is 1. The van der Waals surface area contributed by atoms with Crippen LogP contribution >= 0.6 is 11.3 Å². The molecule has 2 aliphatic carbocycles. The number of methoxy groups -OCH3 is 1. The lowest BCUT2D eigenvalue weighted by Crippen LogP contribution is -2.50. The van der Waals surface area contributed by atoms with E-state index in [2.05, 4.69) is 25.1 Å². The molecule has 1 saturated heterocycles. The Balaban J connectivity index is 1.40. The largest absolute Gasteiger partial charge is 0.496 e. The molecule has 1 aromatic carbocycles. The van der Waals surface area contributed by atoms with Gasteiger partial charge in [-0.15, -0.1) is 17.9 Å². The van der Waals surface area contributed by atoms with Crippen molar-refractivity contribution in [2.75, 3.05) is 13.7 Å². The van der Waals surface area contributed by atoms with Crippen molar-refractivity contribution in [2.24, 2.45) is 28.6 Å². The van der Waals surface area contributed by atoms with Crippen molar-refractivity contribution in [3.05, 3.63) is 47.5 Å².